The summed E-state index contributed by atoms with van der Waals surface area (Å²) in [6.45, 7) is 5.36. The van der Waals surface area contributed by atoms with E-state index in [1.54, 1.807) is 0 Å². The van der Waals surface area contributed by atoms with Gasteiger partial charge in [0.05, 0.1) is 4.92 Å². The molecule has 6 nitrogen and oxygen atoms in total. The van der Waals surface area contributed by atoms with Gasteiger partial charge in [0.2, 0.25) is 0 Å². The normalized spacial score (nSPS) is 20.8. The van der Waals surface area contributed by atoms with Crippen molar-refractivity contribution in [1.82, 2.24) is 0 Å². The summed E-state index contributed by atoms with van der Waals surface area (Å²) < 4.78 is 5.55. The molecule has 122 valence electrons. The van der Waals surface area contributed by atoms with Crippen LogP contribution in [0.25, 0.3) is 0 Å². The molecule has 0 spiro atoms. The Morgan fingerprint density at radius 3 is 2.52 bits per heavy atom. The van der Waals surface area contributed by atoms with Crippen LogP contribution in [0.4, 0.5) is 5.69 Å². The minimum Gasteiger partial charge on any atom is -0.489 e. The highest BCUT2D eigenvalue weighted by Crippen LogP contribution is 2.40. The first-order valence-electron chi connectivity index (χ1n) is 7.48. The molecule has 0 radical (unpaired) electrons. The molecule has 0 amide bonds. The molecular weight excluding hydrogens is 298 g/mol. The van der Waals surface area contributed by atoms with E-state index in [-0.39, 0.29) is 23.9 Å². The zero-order chi connectivity index (χ0) is 17.0. The molecule has 0 N–H and O–H groups in total. The monoisotopic (exact) mass is 317 g/mol. The summed E-state index contributed by atoms with van der Waals surface area (Å²) >= 11 is 0. The predicted octanol–water partition coefficient (Wildman–Crippen LogP) is 3.25. The van der Waals surface area contributed by atoms with Crippen LogP contribution in [0, 0.1) is 15.5 Å². The van der Waals surface area contributed by atoms with Crippen molar-refractivity contribution in [2.75, 3.05) is 6.61 Å². The Morgan fingerprint density at radius 2 is 2.00 bits per heavy atom. The third kappa shape index (κ3) is 3.31. The van der Waals surface area contributed by atoms with Crippen molar-refractivity contribution >= 4 is 17.3 Å². The molecule has 1 fully saturated rings. The van der Waals surface area contributed by atoms with Crippen molar-refractivity contribution in [2.45, 2.75) is 32.6 Å². The van der Waals surface area contributed by atoms with E-state index in [1.807, 2.05) is 0 Å². The second-order valence-corrected chi connectivity index (χ2v) is 5.74. The molecule has 0 aromatic heterocycles. The number of carbonyl (C=O) groups excluding carboxylic acids is 2. The lowest BCUT2D eigenvalue weighted by Crippen LogP contribution is -2.43. The van der Waals surface area contributed by atoms with E-state index in [9.17, 15) is 19.7 Å². The van der Waals surface area contributed by atoms with Crippen LogP contribution >= 0.6 is 0 Å². The van der Waals surface area contributed by atoms with Gasteiger partial charge in [-0.1, -0.05) is 13.0 Å². The number of ketones is 2. The minimum absolute atomic E-state index is 0.0289. The molecule has 1 aliphatic carbocycles. The van der Waals surface area contributed by atoms with Gasteiger partial charge in [0.15, 0.2) is 5.78 Å². The van der Waals surface area contributed by atoms with E-state index in [0.717, 1.165) is 12.8 Å². The van der Waals surface area contributed by atoms with Crippen LogP contribution in [0.2, 0.25) is 0 Å². The van der Waals surface area contributed by atoms with E-state index >= 15 is 0 Å². The molecule has 2 rings (SSSR count). The quantitative estimate of drug-likeness (QED) is 0.348. The maximum Gasteiger partial charge on any atom is 0.269 e. The fourth-order valence-electron chi connectivity index (χ4n) is 2.98. The van der Waals surface area contributed by atoms with E-state index in [4.69, 9.17) is 4.74 Å². The Labute approximate surface area is 134 Å². The number of benzene rings is 1. The zero-order valence-corrected chi connectivity index (χ0v) is 13.0. The molecule has 23 heavy (non-hydrogen) atoms. The molecular formula is C17H19NO5. The van der Waals surface area contributed by atoms with Crippen molar-refractivity contribution in [2.24, 2.45) is 5.41 Å². The first-order chi connectivity index (χ1) is 10.9. The fraction of sp³-hybridized carbons (Fsp3) is 0.412. The molecule has 1 saturated carbocycles. The smallest absolute Gasteiger partial charge is 0.269 e. The number of Topliss-reactive ketones (excluding diaryl/α,β-unsaturated/α-hetero) is 2. The Kier molecular flexibility index (Phi) is 4.93. The van der Waals surface area contributed by atoms with Crippen LogP contribution in [0.1, 0.15) is 32.6 Å². The largest absolute Gasteiger partial charge is 0.489 e. The number of hydrogen-bond acceptors (Lipinski definition) is 5. The lowest BCUT2D eigenvalue weighted by atomic mass is 9.66. The number of nitro groups is 1. The SMILES string of the molecule is C=C(COc1ccc([N+](=O)[O-])cc1)C1(C(C)=O)CCCCC1=O. The molecule has 1 atom stereocenters. The second kappa shape index (κ2) is 6.73. The van der Waals surface area contributed by atoms with Gasteiger partial charge in [-0.2, -0.15) is 0 Å². The molecule has 1 aromatic carbocycles. The van der Waals surface area contributed by atoms with Crippen LogP contribution in [0.15, 0.2) is 36.4 Å². The van der Waals surface area contributed by atoms with Gasteiger partial charge in [-0.05, 0) is 37.5 Å². The summed E-state index contributed by atoms with van der Waals surface area (Å²) in [4.78, 5) is 34.5. The number of nitro benzene ring substituents is 1. The van der Waals surface area contributed by atoms with Crippen molar-refractivity contribution in [3.8, 4) is 5.75 Å². The van der Waals surface area contributed by atoms with Gasteiger partial charge in [-0.3, -0.25) is 19.7 Å². The van der Waals surface area contributed by atoms with Gasteiger partial charge in [0, 0.05) is 18.6 Å². The molecule has 1 aliphatic rings. The summed E-state index contributed by atoms with van der Waals surface area (Å²) in [7, 11) is 0. The summed E-state index contributed by atoms with van der Waals surface area (Å²) in [5, 5.41) is 10.6. The molecule has 0 heterocycles. The molecule has 1 unspecified atom stereocenters. The molecule has 1 aromatic rings. The highest BCUT2D eigenvalue weighted by atomic mass is 16.6. The van der Waals surface area contributed by atoms with E-state index in [0.29, 0.717) is 24.2 Å². The van der Waals surface area contributed by atoms with Crippen LogP contribution in [-0.4, -0.2) is 23.1 Å². The van der Waals surface area contributed by atoms with E-state index < -0.39 is 10.3 Å². The van der Waals surface area contributed by atoms with Crippen molar-refractivity contribution in [1.29, 1.82) is 0 Å². The number of carbonyl (C=O) groups is 2. The Morgan fingerprint density at radius 1 is 1.35 bits per heavy atom. The third-order valence-electron chi connectivity index (χ3n) is 4.35. The van der Waals surface area contributed by atoms with Gasteiger partial charge < -0.3 is 4.74 Å². The minimum atomic E-state index is -1.14. The maximum atomic E-state index is 12.3. The number of ether oxygens (including phenoxy) is 1. The molecule has 0 bridgehead atoms. The van der Waals surface area contributed by atoms with Crippen LogP contribution < -0.4 is 4.74 Å². The van der Waals surface area contributed by atoms with Gasteiger partial charge in [-0.25, -0.2) is 0 Å². The zero-order valence-electron chi connectivity index (χ0n) is 13.0. The van der Waals surface area contributed by atoms with Gasteiger partial charge in [0.1, 0.15) is 23.6 Å². The Balaban J connectivity index is 2.09. The maximum absolute atomic E-state index is 12.3. The first-order valence-corrected chi connectivity index (χ1v) is 7.48. The predicted molar refractivity (Wildman–Crippen MR) is 84.3 cm³/mol. The van der Waals surface area contributed by atoms with Crippen molar-refractivity contribution in [3.05, 3.63) is 46.5 Å². The third-order valence-corrected chi connectivity index (χ3v) is 4.35. The lowest BCUT2D eigenvalue weighted by molar-refractivity contribution is -0.384. The van der Waals surface area contributed by atoms with E-state index in [1.165, 1.54) is 31.2 Å². The number of hydrogen-bond donors (Lipinski definition) is 0. The highest BCUT2D eigenvalue weighted by molar-refractivity contribution is 6.09. The average molecular weight is 317 g/mol. The van der Waals surface area contributed by atoms with Crippen LogP contribution in [0.5, 0.6) is 5.75 Å². The van der Waals surface area contributed by atoms with Crippen LogP contribution in [0.3, 0.4) is 0 Å². The van der Waals surface area contributed by atoms with Gasteiger partial charge in [-0.15, -0.1) is 0 Å². The highest BCUT2D eigenvalue weighted by Gasteiger charge is 2.46. The molecule has 6 heteroatoms. The fourth-order valence-corrected chi connectivity index (χ4v) is 2.98. The average Bonchev–Trinajstić information content (AvgIpc) is 2.53. The van der Waals surface area contributed by atoms with Gasteiger partial charge >= 0.3 is 0 Å². The second-order valence-electron chi connectivity index (χ2n) is 5.74. The van der Waals surface area contributed by atoms with E-state index in [2.05, 4.69) is 6.58 Å². The lowest BCUT2D eigenvalue weighted by Gasteiger charge is -2.35. The summed E-state index contributed by atoms with van der Waals surface area (Å²) in [5.74, 6) is 0.145. The summed E-state index contributed by atoms with van der Waals surface area (Å²) in [5.41, 5.74) is -0.717. The summed E-state index contributed by atoms with van der Waals surface area (Å²) in [6, 6.07) is 5.64. The number of non-ortho nitro benzene ring substituents is 1. The number of nitrogens with zero attached hydrogens (tertiary/aromatic N) is 1. The summed E-state index contributed by atoms with van der Waals surface area (Å²) in [6.07, 6.45) is 2.46. The van der Waals surface area contributed by atoms with Gasteiger partial charge in [0.25, 0.3) is 5.69 Å². The first kappa shape index (κ1) is 16.9. The molecule has 0 saturated heterocycles. The standard InChI is InChI=1S/C17H19NO5/c1-12(17(13(2)19)10-4-3-5-16(17)20)11-23-15-8-6-14(7-9-15)18(21)22/h6-9H,1,3-5,10-11H2,2H3. The Hall–Kier alpha value is -2.50. The topological polar surface area (TPSA) is 86.5 Å². The Bertz CT molecular complexity index is 649. The number of rotatable bonds is 6. The molecule has 0 aliphatic heterocycles. The van der Waals surface area contributed by atoms with Crippen LogP contribution in [-0.2, 0) is 9.59 Å². The van der Waals surface area contributed by atoms with Crippen molar-refractivity contribution in [3.63, 3.8) is 0 Å². The van der Waals surface area contributed by atoms with Crippen molar-refractivity contribution < 1.29 is 19.2 Å².